The van der Waals surface area contributed by atoms with E-state index in [4.69, 9.17) is 0 Å². The molecule has 6 amide bonds. The van der Waals surface area contributed by atoms with Gasteiger partial charge in [0.05, 0.1) is 24.8 Å². The normalized spacial score (nSPS) is 20.3. The summed E-state index contributed by atoms with van der Waals surface area (Å²) < 4.78 is 0. The number of rotatable bonds is 5. The molecule has 5 rings (SSSR count). The van der Waals surface area contributed by atoms with Crippen LogP contribution in [0.3, 0.4) is 0 Å². The number of hydrogen-bond donors (Lipinski definition) is 5. The summed E-state index contributed by atoms with van der Waals surface area (Å²) in [5, 5.41) is 21.7. The van der Waals surface area contributed by atoms with Crippen LogP contribution in [0, 0.1) is 12.8 Å². The van der Waals surface area contributed by atoms with Gasteiger partial charge in [0.2, 0.25) is 23.6 Å². The molecule has 53 heavy (non-hydrogen) atoms. The third kappa shape index (κ3) is 9.43. The molecule has 3 atom stereocenters. The molecule has 1 aliphatic rings. The first-order valence-corrected chi connectivity index (χ1v) is 18.2. The van der Waals surface area contributed by atoms with E-state index in [0.29, 0.717) is 17.1 Å². The Labute approximate surface area is 310 Å². The summed E-state index contributed by atoms with van der Waals surface area (Å²) in [5.74, 6) is -3.09. The molecule has 2 bridgehead atoms. The van der Waals surface area contributed by atoms with E-state index in [1.165, 1.54) is 47.1 Å². The second-order valence-corrected chi connectivity index (χ2v) is 14.5. The molecule has 1 aliphatic heterocycles. The Bertz CT molecular complexity index is 1990. The van der Waals surface area contributed by atoms with Crippen molar-refractivity contribution in [3.05, 3.63) is 63.5 Å². The number of hydrogen-bond acceptors (Lipinski definition) is 10. The number of para-hydroxylation sites is 1. The van der Waals surface area contributed by atoms with Crippen molar-refractivity contribution in [3.63, 3.8) is 0 Å². The molecule has 0 unspecified atom stereocenters. The summed E-state index contributed by atoms with van der Waals surface area (Å²) in [6, 6.07) is 4.93. The van der Waals surface area contributed by atoms with Gasteiger partial charge in [-0.05, 0) is 37.8 Å². The molecule has 18 heteroatoms. The number of benzene rings is 1. The highest BCUT2D eigenvalue weighted by Crippen LogP contribution is 2.25. The second-order valence-electron chi connectivity index (χ2n) is 13.6. The number of carbonyl (C=O) groups excluding carboxylic acids is 6. The molecule has 0 aliphatic carbocycles. The highest BCUT2D eigenvalue weighted by atomic mass is 32.1. The van der Waals surface area contributed by atoms with Crippen molar-refractivity contribution in [3.8, 4) is 0 Å². The van der Waals surface area contributed by atoms with Crippen LogP contribution in [0.25, 0.3) is 10.9 Å². The van der Waals surface area contributed by atoms with Gasteiger partial charge in [0.15, 0.2) is 5.69 Å². The molecule has 0 spiro atoms. The van der Waals surface area contributed by atoms with Crippen molar-refractivity contribution < 1.29 is 28.8 Å². The first-order chi connectivity index (χ1) is 25.2. The third-order valence-corrected chi connectivity index (χ3v) is 9.89. The number of nitrogens with one attached hydrogen (secondary N) is 5. The lowest BCUT2D eigenvalue weighted by molar-refractivity contribution is -0.138. The third-order valence-electron chi connectivity index (χ3n) is 8.93. The van der Waals surface area contributed by atoms with Crippen molar-refractivity contribution in [2.24, 2.45) is 5.92 Å². The summed E-state index contributed by atoms with van der Waals surface area (Å²) >= 11 is 1.19. The van der Waals surface area contributed by atoms with Gasteiger partial charge >= 0.3 is 0 Å². The molecule has 4 aromatic rings. The van der Waals surface area contributed by atoms with Crippen LogP contribution in [-0.2, 0) is 25.6 Å². The van der Waals surface area contributed by atoms with Crippen molar-refractivity contribution in [2.45, 2.75) is 58.7 Å². The summed E-state index contributed by atoms with van der Waals surface area (Å²) in [4.78, 5) is 92.8. The molecular formula is C35H45N11O6S. The predicted octanol–water partition coefficient (Wildman–Crippen LogP) is 1.17. The van der Waals surface area contributed by atoms with Crippen LogP contribution >= 0.6 is 11.3 Å². The summed E-state index contributed by atoms with van der Waals surface area (Å²) in [5.41, 5.74) is 2.09. The smallest absolute Gasteiger partial charge is 0.276 e. The van der Waals surface area contributed by atoms with Crippen molar-refractivity contribution in [1.82, 2.24) is 56.0 Å². The number of nitrogens with zero attached hydrogens (tertiary/aromatic N) is 6. The Balaban J connectivity index is 1.47. The van der Waals surface area contributed by atoms with E-state index in [0.717, 1.165) is 16.5 Å². The number of amides is 6. The number of fused-ring (bicyclic) bond motifs is 3. The minimum atomic E-state index is -1.08. The minimum Gasteiger partial charge on any atom is -0.361 e. The average molecular weight is 748 g/mol. The maximum Gasteiger partial charge on any atom is 0.276 e. The standard InChI is InChI=1S/C35H45N11O6S/c1-19(2)13-25-32-40-27(18-53-32)31(49)39-26(14-22-15-36-24-10-8-7-9-23(22)24)34(51)45(6)16-28(47)37-21(4)33(50)44(5)11-12-46(17-29(48)38-25)35(52)30-20(3)41-43-42-30/h7-10,15,18-19,21,25-26,36H,11-14,16-17H2,1-6H3,(H,37,47)(H,38,48)(H,39,49)(H,41,42,43)/t21-,25-,26+/m0/s1. The van der Waals surface area contributed by atoms with Gasteiger partial charge in [-0.25, -0.2) is 4.98 Å². The number of likely N-dealkylation sites (N-methyl/N-ethyl adjacent to an activating group) is 2. The fourth-order valence-electron chi connectivity index (χ4n) is 6.12. The van der Waals surface area contributed by atoms with Gasteiger partial charge in [0.1, 0.15) is 22.8 Å². The quantitative estimate of drug-likeness (QED) is 0.198. The Morgan fingerprint density at radius 1 is 0.925 bits per heavy atom. The van der Waals surface area contributed by atoms with Crippen molar-refractivity contribution >= 4 is 57.7 Å². The molecule has 282 valence electrons. The highest BCUT2D eigenvalue weighted by Gasteiger charge is 2.31. The molecule has 0 saturated heterocycles. The van der Waals surface area contributed by atoms with Crippen LogP contribution in [0.2, 0.25) is 0 Å². The summed E-state index contributed by atoms with van der Waals surface area (Å²) in [6.07, 6.45) is 2.38. The number of aromatic amines is 2. The fourth-order valence-corrected chi connectivity index (χ4v) is 6.98. The van der Waals surface area contributed by atoms with Gasteiger partial charge in [-0.1, -0.05) is 32.0 Å². The summed E-state index contributed by atoms with van der Waals surface area (Å²) in [6.45, 7) is 6.34. The Morgan fingerprint density at radius 2 is 1.66 bits per heavy atom. The predicted molar refractivity (Wildman–Crippen MR) is 196 cm³/mol. The SMILES string of the molecule is Cc1n[nH]nc1C(=O)N1CCN(C)C(=O)[C@H](C)NC(=O)CN(C)C(=O)[C@@H](Cc2c[nH]c3ccccc23)NC(=O)c2csc(n2)[C@H](CC(C)C)NC(=O)C1. The molecule has 1 aromatic carbocycles. The van der Waals surface area contributed by atoms with Gasteiger partial charge in [-0.15, -0.1) is 11.3 Å². The largest absolute Gasteiger partial charge is 0.361 e. The lowest BCUT2D eigenvalue weighted by Crippen LogP contribution is -2.53. The van der Waals surface area contributed by atoms with Crippen LogP contribution in [-0.4, -0.2) is 128 Å². The van der Waals surface area contributed by atoms with Crippen LogP contribution in [0.5, 0.6) is 0 Å². The van der Waals surface area contributed by atoms with Gasteiger partial charge in [-0.2, -0.15) is 15.4 Å². The molecule has 0 saturated carbocycles. The molecular weight excluding hydrogens is 703 g/mol. The van der Waals surface area contributed by atoms with E-state index in [1.54, 1.807) is 18.5 Å². The van der Waals surface area contributed by atoms with Gasteiger partial charge < -0.3 is 35.6 Å². The van der Waals surface area contributed by atoms with Crippen molar-refractivity contribution in [2.75, 3.05) is 40.3 Å². The van der Waals surface area contributed by atoms with E-state index in [1.807, 2.05) is 38.1 Å². The molecule has 17 nitrogen and oxygen atoms in total. The number of carbonyl (C=O) groups is 6. The van der Waals surface area contributed by atoms with E-state index < -0.39 is 53.6 Å². The monoisotopic (exact) mass is 747 g/mol. The van der Waals surface area contributed by atoms with Crippen LogP contribution < -0.4 is 16.0 Å². The zero-order chi connectivity index (χ0) is 38.4. The van der Waals surface area contributed by atoms with E-state index in [2.05, 4.69) is 41.3 Å². The maximum atomic E-state index is 13.9. The first kappa shape index (κ1) is 38.6. The zero-order valence-corrected chi connectivity index (χ0v) is 31.4. The minimum absolute atomic E-state index is 0.0297. The van der Waals surface area contributed by atoms with E-state index >= 15 is 0 Å². The molecule has 5 N–H and O–H groups in total. The van der Waals surface area contributed by atoms with Crippen LogP contribution in [0.15, 0.2) is 35.8 Å². The van der Waals surface area contributed by atoms with Crippen LogP contribution in [0.4, 0.5) is 0 Å². The number of thiazole rings is 1. The Kier molecular flexibility index (Phi) is 12.2. The maximum absolute atomic E-state index is 13.9. The molecule has 4 heterocycles. The van der Waals surface area contributed by atoms with Crippen molar-refractivity contribution in [1.29, 1.82) is 0 Å². The Morgan fingerprint density at radius 3 is 2.38 bits per heavy atom. The molecule has 0 fully saturated rings. The first-order valence-electron chi connectivity index (χ1n) is 17.3. The van der Waals surface area contributed by atoms with Gasteiger partial charge in [-0.3, -0.25) is 28.8 Å². The molecule has 0 radical (unpaired) electrons. The molecule has 3 aromatic heterocycles. The zero-order valence-electron chi connectivity index (χ0n) is 30.6. The van der Waals surface area contributed by atoms with E-state index in [9.17, 15) is 28.8 Å². The number of H-pyrrole nitrogens is 2. The topological polar surface area (TPSA) is 218 Å². The second kappa shape index (κ2) is 16.8. The van der Waals surface area contributed by atoms with Gasteiger partial charge in [0, 0.05) is 56.1 Å². The average Bonchev–Trinajstić information content (AvgIpc) is 3.88. The lowest BCUT2D eigenvalue weighted by atomic mass is 10.0. The lowest BCUT2D eigenvalue weighted by Gasteiger charge is -2.28. The highest BCUT2D eigenvalue weighted by molar-refractivity contribution is 7.09. The Hall–Kier alpha value is -5.65. The van der Waals surface area contributed by atoms with Crippen LogP contribution in [0.1, 0.15) is 70.5 Å². The number of aromatic nitrogens is 5. The summed E-state index contributed by atoms with van der Waals surface area (Å²) in [7, 11) is 2.98. The van der Waals surface area contributed by atoms with E-state index in [-0.39, 0.29) is 49.9 Å². The fraction of sp³-hybridized carbons (Fsp3) is 0.457. The van der Waals surface area contributed by atoms with Gasteiger partial charge in [0.25, 0.3) is 11.8 Å². The number of aryl methyl sites for hydroxylation is 1.